The summed E-state index contributed by atoms with van der Waals surface area (Å²) in [6.07, 6.45) is 9.74. The Morgan fingerprint density at radius 3 is 2.81 bits per heavy atom. The third-order valence-electron chi connectivity index (χ3n) is 3.65. The smallest absolute Gasteiger partial charge is 0.0855 e. The predicted octanol–water partition coefficient (Wildman–Crippen LogP) is 4.23. The summed E-state index contributed by atoms with van der Waals surface area (Å²) in [6.45, 7) is 8.56. The third kappa shape index (κ3) is 3.79. The first kappa shape index (κ1) is 13.5. The summed E-state index contributed by atoms with van der Waals surface area (Å²) in [6, 6.07) is 0. The number of aliphatic hydroxyl groups is 1. The van der Waals surface area contributed by atoms with Crippen molar-refractivity contribution in [2.75, 3.05) is 0 Å². The Bertz CT molecular complexity index is 284. The molecule has 0 spiro atoms. The minimum Gasteiger partial charge on any atom is -0.386 e. The van der Waals surface area contributed by atoms with Gasteiger partial charge in [-0.2, -0.15) is 0 Å². The first-order chi connectivity index (χ1) is 7.44. The lowest BCUT2D eigenvalue weighted by atomic mass is 9.77. The van der Waals surface area contributed by atoms with Crippen LogP contribution in [0.1, 0.15) is 59.8 Å². The second-order valence-corrected chi connectivity index (χ2v) is 5.60. The van der Waals surface area contributed by atoms with Crippen LogP contribution in [0, 0.1) is 5.92 Å². The van der Waals surface area contributed by atoms with Gasteiger partial charge in [0, 0.05) is 0 Å². The summed E-state index contributed by atoms with van der Waals surface area (Å²) < 4.78 is 0. The Balaban J connectivity index is 2.55. The Labute approximate surface area is 100 Å². The number of rotatable bonds is 4. The van der Waals surface area contributed by atoms with Crippen molar-refractivity contribution in [1.29, 1.82) is 0 Å². The zero-order valence-corrected chi connectivity index (χ0v) is 11.2. The Morgan fingerprint density at radius 2 is 2.25 bits per heavy atom. The molecule has 0 amide bonds. The molecule has 1 nitrogen and oxygen atoms in total. The average Bonchev–Trinajstić information content (AvgIpc) is 2.16. The van der Waals surface area contributed by atoms with E-state index >= 15 is 0 Å². The first-order valence-electron chi connectivity index (χ1n) is 6.48. The van der Waals surface area contributed by atoms with E-state index < -0.39 is 5.60 Å². The summed E-state index contributed by atoms with van der Waals surface area (Å²) in [5.41, 5.74) is 2.18. The lowest BCUT2D eigenvalue weighted by Crippen LogP contribution is -2.36. The monoisotopic (exact) mass is 222 g/mol. The molecule has 0 saturated heterocycles. The van der Waals surface area contributed by atoms with Gasteiger partial charge in [-0.05, 0) is 58.8 Å². The molecule has 2 atom stereocenters. The van der Waals surface area contributed by atoms with Crippen LogP contribution in [0.25, 0.3) is 0 Å². The van der Waals surface area contributed by atoms with Crippen LogP contribution >= 0.6 is 0 Å². The van der Waals surface area contributed by atoms with E-state index in [4.69, 9.17) is 0 Å². The van der Waals surface area contributed by atoms with Gasteiger partial charge in [0.15, 0.2) is 0 Å². The lowest BCUT2D eigenvalue weighted by Gasteiger charge is -2.35. The van der Waals surface area contributed by atoms with Gasteiger partial charge < -0.3 is 5.11 Å². The zero-order valence-electron chi connectivity index (χ0n) is 11.2. The van der Waals surface area contributed by atoms with E-state index in [1.165, 1.54) is 11.1 Å². The molecule has 1 unspecified atom stereocenters. The van der Waals surface area contributed by atoms with Crippen molar-refractivity contribution in [3.05, 3.63) is 23.3 Å². The van der Waals surface area contributed by atoms with Gasteiger partial charge in [-0.3, -0.25) is 0 Å². The highest BCUT2D eigenvalue weighted by Gasteiger charge is 2.32. The van der Waals surface area contributed by atoms with Gasteiger partial charge in [-0.1, -0.05) is 30.2 Å². The van der Waals surface area contributed by atoms with Crippen molar-refractivity contribution in [3.8, 4) is 0 Å². The van der Waals surface area contributed by atoms with Crippen molar-refractivity contribution in [2.24, 2.45) is 5.92 Å². The number of allylic oxidation sites excluding steroid dienone is 3. The van der Waals surface area contributed by atoms with Crippen molar-refractivity contribution < 1.29 is 5.11 Å². The molecule has 0 radical (unpaired) electrons. The highest BCUT2D eigenvalue weighted by Crippen LogP contribution is 2.34. The fourth-order valence-electron chi connectivity index (χ4n) is 2.48. The van der Waals surface area contributed by atoms with Crippen LogP contribution in [0.15, 0.2) is 23.3 Å². The molecule has 0 aromatic carbocycles. The van der Waals surface area contributed by atoms with E-state index in [-0.39, 0.29) is 0 Å². The molecule has 1 aliphatic carbocycles. The van der Waals surface area contributed by atoms with E-state index in [1.54, 1.807) is 0 Å². The molecule has 0 aromatic rings. The fraction of sp³-hybridized carbons (Fsp3) is 0.733. The molecule has 92 valence electrons. The molecule has 0 fully saturated rings. The molecular weight excluding hydrogens is 196 g/mol. The standard InChI is InChI=1S/C15H26O/c1-12(2)7-5-9-14(4)15(16)10-6-8-13(3)11-15/h7,11,14,16H,5-6,8-10H2,1-4H3/t14?,15-/m1/s1. The van der Waals surface area contributed by atoms with Crippen LogP contribution in [0.5, 0.6) is 0 Å². The first-order valence-corrected chi connectivity index (χ1v) is 6.48. The zero-order chi connectivity index (χ0) is 12.2. The van der Waals surface area contributed by atoms with Crippen LogP contribution < -0.4 is 0 Å². The van der Waals surface area contributed by atoms with Crippen LogP contribution in [0.3, 0.4) is 0 Å². The van der Waals surface area contributed by atoms with E-state index in [0.717, 1.165) is 32.1 Å². The molecule has 1 N–H and O–H groups in total. The third-order valence-corrected chi connectivity index (χ3v) is 3.65. The lowest BCUT2D eigenvalue weighted by molar-refractivity contribution is 0.0171. The van der Waals surface area contributed by atoms with Gasteiger partial charge >= 0.3 is 0 Å². The molecule has 1 heteroatoms. The molecule has 0 aromatic heterocycles. The van der Waals surface area contributed by atoms with Gasteiger partial charge in [0.05, 0.1) is 5.60 Å². The minimum atomic E-state index is -0.544. The fourth-order valence-corrected chi connectivity index (χ4v) is 2.48. The predicted molar refractivity (Wildman–Crippen MR) is 70.4 cm³/mol. The summed E-state index contributed by atoms with van der Waals surface area (Å²) in [4.78, 5) is 0. The average molecular weight is 222 g/mol. The summed E-state index contributed by atoms with van der Waals surface area (Å²) in [5, 5.41) is 10.6. The van der Waals surface area contributed by atoms with Crippen LogP contribution in [0.2, 0.25) is 0 Å². The number of hydrogen-bond acceptors (Lipinski definition) is 1. The van der Waals surface area contributed by atoms with Gasteiger partial charge in [0.1, 0.15) is 0 Å². The highest BCUT2D eigenvalue weighted by molar-refractivity contribution is 5.14. The number of hydrogen-bond donors (Lipinski definition) is 1. The van der Waals surface area contributed by atoms with Gasteiger partial charge in [-0.25, -0.2) is 0 Å². The van der Waals surface area contributed by atoms with E-state index in [0.29, 0.717) is 5.92 Å². The summed E-state index contributed by atoms with van der Waals surface area (Å²) in [5.74, 6) is 0.360. The Morgan fingerprint density at radius 1 is 1.56 bits per heavy atom. The van der Waals surface area contributed by atoms with Crippen molar-refractivity contribution in [3.63, 3.8) is 0 Å². The van der Waals surface area contributed by atoms with Crippen LogP contribution in [-0.4, -0.2) is 10.7 Å². The van der Waals surface area contributed by atoms with Crippen LogP contribution in [-0.2, 0) is 0 Å². The second kappa shape index (κ2) is 5.67. The maximum Gasteiger partial charge on any atom is 0.0855 e. The molecule has 0 bridgehead atoms. The Hall–Kier alpha value is -0.560. The van der Waals surface area contributed by atoms with Crippen LogP contribution in [0.4, 0.5) is 0 Å². The maximum atomic E-state index is 10.6. The molecule has 0 heterocycles. The minimum absolute atomic E-state index is 0.360. The molecule has 0 aliphatic heterocycles. The molecule has 0 saturated carbocycles. The maximum absolute atomic E-state index is 10.6. The molecule has 1 rings (SSSR count). The summed E-state index contributed by atoms with van der Waals surface area (Å²) >= 11 is 0. The van der Waals surface area contributed by atoms with E-state index in [9.17, 15) is 5.11 Å². The van der Waals surface area contributed by atoms with Gasteiger partial charge in [0.2, 0.25) is 0 Å². The Kier molecular flexibility index (Phi) is 4.79. The SMILES string of the molecule is CC(C)=CCCC(C)[C@]1(O)C=C(C)CCC1. The molecule has 1 aliphatic rings. The van der Waals surface area contributed by atoms with Crippen molar-refractivity contribution in [2.45, 2.75) is 65.4 Å². The molecular formula is C15H26O. The normalized spacial score (nSPS) is 27.2. The van der Waals surface area contributed by atoms with E-state index in [1.807, 2.05) is 0 Å². The largest absolute Gasteiger partial charge is 0.386 e. The topological polar surface area (TPSA) is 20.2 Å². The molecule has 16 heavy (non-hydrogen) atoms. The quantitative estimate of drug-likeness (QED) is 0.706. The van der Waals surface area contributed by atoms with Crippen molar-refractivity contribution in [1.82, 2.24) is 0 Å². The summed E-state index contributed by atoms with van der Waals surface area (Å²) in [7, 11) is 0. The van der Waals surface area contributed by atoms with Crippen molar-refractivity contribution >= 4 is 0 Å². The van der Waals surface area contributed by atoms with E-state index in [2.05, 4.69) is 39.8 Å². The van der Waals surface area contributed by atoms with Gasteiger partial charge in [-0.15, -0.1) is 0 Å². The highest BCUT2D eigenvalue weighted by atomic mass is 16.3. The van der Waals surface area contributed by atoms with Gasteiger partial charge in [0.25, 0.3) is 0 Å². The second-order valence-electron chi connectivity index (χ2n) is 5.60.